The Morgan fingerprint density at radius 2 is 0.667 bits per heavy atom. The Morgan fingerprint density at radius 3 is 0.815 bits per heavy atom. The minimum Gasteiger partial charge on any atom is -0.191 e. The molecule has 0 atom stereocenters. The zero-order chi connectivity index (χ0) is 22.7. The highest BCUT2D eigenvalue weighted by Gasteiger charge is 2.80. The van der Waals surface area contributed by atoms with Gasteiger partial charge in [-0.2, -0.15) is 74.6 Å². The van der Waals surface area contributed by atoms with Crippen molar-refractivity contribution < 1.29 is 74.6 Å². The van der Waals surface area contributed by atoms with Crippen LogP contribution < -0.4 is 0 Å². The molecule has 0 N–H and O–H groups in total. The molecule has 0 aromatic heterocycles. The maximum absolute atomic E-state index is 13.3. The number of hydrogen-bond acceptors (Lipinski definition) is 0. The van der Waals surface area contributed by atoms with E-state index in [1.54, 1.807) is 0 Å². The molecule has 0 bridgehead atoms. The summed E-state index contributed by atoms with van der Waals surface area (Å²) in [6, 6.07) is 0. The van der Waals surface area contributed by atoms with E-state index in [4.69, 9.17) is 0 Å². The van der Waals surface area contributed by atoms with Gasteiger partial charge in [0.05, 0.1) is 0 Å². The first kappa shape index (κ1) is 25.6. The molecular weight excluding hydrogens is 443 g/mol. The lowest BCUT2D eigenvalue weighted by molar-refractivity contribution is -0.343. The topological polar surface area (TPSA) is 0 Å². The van der Waals surface area contributed by atoms with E-state index in [1.807, 2.05) is 0 Å². The van der Waals surface area contributed by atoms with Gasteiger partial charge in [-0.15, -0.1) is 0 Å². The van der Waals surface area contributed by atoms with Crippen LogP contribution in [0.25, 0.3) is 0 Å². The number of allylic oxidation sites excluding steroid dienone is 2. The zero-order valence-corrected chi connectivity index (χ0v) is 11.9. The van der Waals surface area contributed by atoms with Gasteiger partial charge in [0.2, 0.25) is 0 Å². The molecule has 0 aliphatic rings. The van der Waals surface area contributed by atoms with Crippen molar-refractivity contribution in [1.29, 1.82) is 0 Å². The number of hydrogen-bond donors (Lipinski definition) is 0. The van der Waals surface area contributed by atoms with Gasteiger partial charge in [0.1, 0.15) is 5.57 Å². The second-order valence-corrected chi connectivity index (χ2v) is 4.94. The van der Waals surface area contributed by atoms with E-state index < -0.39 is 60.3 Å². The lowest BCUT2D eigenvalue weighted by atomic mass is 9.74. The Morgan fingerprint density at radius 1 is 0.407 bits per heavy atom. The Balaban J connectivity index is 7.91. The number of alkyl halides is 17. The van der Waals surface area contributed by atoms with Crippen LogP contribution in [-0.4, -0.2) is 36.8 Å². The Hall–Kier alpha value is -1.45. The number of rotatable bonds is 2. The third-order valence-electron chi connectivity index (χ3n) is 3.12. The lowest BCUT2D eigenvalue weighted by Gasteiger charge is -2.41. The highest BCUT2D eigenvalue weighted by molar-refractivity contribution is 5.38. The van der Waals surface area contributed by atoms with E-state index in [9.17, 15) is 74.6 Å². The average molecular weight is 446 g/mol. The second-order valence-electron chi connectivity index (χ2n) is 4.94. The molecule has 17 heteroatoms. The highest BCUT2D eigenvalue weighted by Crippen LogP contribution is 2.63. The Kier molecular flexibility index (Phi) is 5.95. The predicted molar refractivity (Wildman–Crippen MR) is 50.4 cm³/mol. The minimum atomic E-state index is -7.81. The first-order valence-corrected chi connectivity index (χ1v) is 5.71. The van der Waals surface area contributed by atoms with Gasteiger partial charge in [0.15, 0.2) is 5.41 Å². The third-order valence-corrected chi connectivity index (χ3v) is 3.12. The van der Waals surface area contributed by atoms with Gasteiger partial charge in [-0.3, -0.25) is 0 Å². The highest BCUT2D eigenvalue weighted by atomic mass is 19.4. The fourth-order valence-corrected chi connectivity index (χ4v) is 1.75. The van der Waals surface area contributed by atoms with Gasteiger partial charge in [0, 0.05) is 5.57 Å². The predicted octanol–water partition coefficient (Wildman–Crippen LogP) is 6.74. The minimum absolute atomic E-state index is 1.68. The van der Waals surface area contributed by atoms with Crippen LogP contribution >= 0.6 is 0 Å². The molecule has 0 aromatic rings. The van der Waals surface area contributed by atoms with Crippen LogP contribution in [0.15, 0.2) is 11.1 Å². The van der Waals surface area contributed by atoms with Gasteiger partial charge < -0.3 is 0 Å². The summed E-state index contributed by atoms with van der Waals surface area (Å²) in [4.78, 5) is 0. The molecule has 162 valence electrons. The smallest absolute Gasteiger partial charge is 0.191 e. The molecule has 0 spiro atoms. The van der Waals surface area contributed by atoms with Crippen molar-refractivity contribution in [2.24, 2.45) is 5.41 Å². The van der Waals surface area contributed by atoms with E-state index in [1.165, 1.54) is 0 Å². The van der Waals surface area contributed by atoms with Crippen LogP contribution in [0.1, 0.15) is 6.92 Å². The molecule has 0 aliphatic heterocycles. The fraction of sp³-hybridized carbons (Fsp3) is 0.800. The zero-order valence-electron chi connectivity index (χ0n) is 11.9. The van der Waals surface area contributed by atoms with E-state index in [0.29, 0.717) is 0 Å². The van der Waals surface area contributed by atoms with Gasteiger partial charge in [-0.1, -0.05) is 0 Å². The van der Waals surface area contributed by atoms with Crippen molar-refractivity contribution in [1.82, 2.24) is 0 Å². The molecule has 0 aliphatic carbocycles. The maximum atomic E-state index is 13.3. The van der Waals surface area contributed by atoms with Crippen molar-refractivity contribution in [3.05, 3.63) is 11.1 Å². The summed E-state index contributed by atoms with van der Waals surface area (Å²) in [5, 5.41) is 0. The molecule has 0 saturated carbocycles. The molecule has 0 fully saturated rings. The summed E-state index contributed by atoms with van der Waals surface area (Å²) in [5.41, 5.74) is -17.4. The molecule has 0 radical (unpaired) electrons. The van der Waals surface area contributed by atoms with Gasteiger partial charge in [0.25, 0.3) is 0 Å². The van der Waals surface area contributed by atoms with E-state index in [-0.39, 0.29) is 0 Å². The van der Waals surface area contributed by atoms with Crippen molar-refractivity contribution in [3.8, 4) is 0 Å². The quantitative estimate of drug-likeness (QED) is 0.326. The average Bonchev–Trinajstić information content (AvgIpc) is 2.26. The van der Waals surface area contributed by atoms with E-state index in [2.05, 4.69) is 0 Å². The monoisotopic (exact) mass is 446 g/mol. The lowest BCUT2D eigenvalue weighted by Crippen LogP contribution is -2.58. The molecule has 0 nitrogen and oxygen atoms in total. The SMILES string of the molecule is CC(C(=C(C(F)(F)F)C(F)(F)F)C(F)(F)C(F)(F)F)(C(F)(F)F)C(F)(F)F. The fourth-order valence-electron chi connectivity index (χ4n) is 1.75. The third kappa shape index (κ3) is 4.35. The van der Waals surface area contributed by atoms with E-state index >= 15 is 0 Å². The summed E-state index contributed by atoms with van der Waals surface area (Å²) >= 11 is 0. The van der Waals surface area contributed by atoms with Crippen molar-refractivity contribution >= 4 is 0 Å². The van der Waals surface area contributed by atoms with Crippen LogP contribution in [0.4, 0.5) is 74.6 Å². The second kappa shape index (κ2) is 6.28. The molecule has 0 amide bonds. The Labute approximate surface area is 136 Å². The van der Waals surface area contributed by atoms with Gasteiger partial charge in [-0.25, -0.2) is 0 Å². The number of halogens is 17. The normalized spacial score (nSPS) is 15.8. The van der Waals surface area contributed by atoms with Crippen LogP contribution in [0.2, 0.25) is 0 Å². The molecular formula is C10H3F17. The molecule has 27 heavy (non-hydrogen) atoms. The molecule has 0 unspecified atom stereocenters. The molecule has 0 heterocycles. The summed E-state index contributed by atoms with van der Waals surface area (Å²) in [6.45, 7) is -1.68. The molecule has 0 rings (SSSR count). The van der Waals surface area contributed by atoms with Crippen molar-refractivity contribution in [2.45, 2.75) is 43.7 Å². The van der Waals surface area contributed by atoms with Crippen LogP contribution in [-0.2, 0) is 0 Å². The largest absolute Gasteiger partial charge is 0.457 e. The van der Waals surface area contributed by atoms with Crippen LogP contribution in [0, 0.1) is 5.41 Å². The summed E-state index contributed by atoms with van der Waals surface area (Å²) < 4.78 is 215. The maximum Gasteiger partial charge on any atom is 0.457 e. The van der Waals surface area contributed by atoms with Crippen LogP contribution in [0.3, 0.4) is 0 Å². The summed E-state index contributed by atoms with van der Waals surface area (Å²) in [5.74, 6) is -7.81. The van der Waals surface area contributed by atoms with Crippen LogP contribution in [0.5, 0.6) is 0 Å². The van der Waals surface area contributed by atoms with Gasteiger partial charge in [-0.05, 0) is 6.92 Å². The summed E-state index contributed by atoms with van der Waals surface area (Å²) in [7, 11) is 0. The van der Waals surface area contributed by atoms with Crippen molar-refractivity contribution in [2.75, 3.05) is 0 Å². The first-order valence-electron chi connectivity index (χ1n) is 5.71. The van der Waals surface area contributed by atoms with E-state index in [0.717, 1.165) is 0 Å². The first-order chi connectivity index (χ1) is 11.2. The molecule has 0 aromatic carbocycles. The van der Waals surface area contributed by atoms with Crippen molar-refractivity contribution in [3.63, 3.8) is 0 Å². The van der Waals surface area contributed by atoms with Gasteiger partial charge >= 0.3 is 36.8 Å². The Bertz CT molecular complexity index is 541. The summed E-state index contributed by atoms with van der Waals surface area (Å²) in [6.07, 6.45) is -37.6. The standard InChI is InChI=1S/C10H3F17/c1-4(8(19,20)21,9(22,23)24)2(5(11,12)10(25,26)27)3(6(13,14)15)7(16,17)18/h1H3. The molecule has 0 saturated heterocycles.